The molecule has 1 aliphatic rings. The summed E-state index contributed by atoms with van der Waals surface area (Å²) in [7, 11) is 0. The molecule has 0 bridgehead atoms. The number of hydrogen-bond donors (Lipinski definition) is 0. The summed E-state index contributed by atoms with van der Waals surface area (Å²) in [6, 6.07) is 72.4. The maximum absolute atomic E-state index is 5.79. The molecule has 4 nitrogen and oxygen atoms in total. The van der Waals surface area contributed by atoms with E-state index in [0.29, 0.717) is 0 Å². The second kappa shape index (κ2) is 17.0. The number of fused-ring (bicyclic) bond motifs is 7. The molecule has 11 aromatic rings. The quantitative estimate of drug-likeness (QED) is 0.149. The SMILES string of the molecule is CC(C)(C)c1ccc2c(c1)-c1c(C(C)(C)C)cccc1C2(c1[c-]c(-c2cccc3c2nc(-c2cc(C(C)(C)c4ccccc4)cc4c2[n-]c2ccccc24)n3-c2ccccc2)ccc1)c1ccccn1.[Pt+2]. The number of benzene rings is 8. The Morgan fingerprint density at radius 2 is 1.24 bits per heavy atom. The van der Waals surface area contributed by atoms with Crippen molar-refractivity contribution in [1.82, 2.24) is 19.5 Å². The van der Waals surface area contributed by atoms with Crippen LogP contribution >= 0.6 is 0 Å². The van der Waals surface area contributed by atoms with Gasteiger partial charge in [-0.1, -0.05) is 194 Å². The number of para-hydroxylation sites is 3. The van der Waals surface area contributed by atoms with E-state index in [-0.39, 0.29) is 37.3 Å². The van der Waals surface area contributed by atoms with Crippen LogP contribution in [0.3, 0.4) is 0 Å². The van der Waals surface area contributed by atoms with Crippen molar-refractivity contribution in [3.05, 3.63) is 245 Å². The maximum atomic E-state index is 5.79. The van der Waals surface area contributed by atoms with Crippen LogP contribution in [0.15, 0.2) is 194 Å². The molecule has 3 aromatic heterocycles. The van der Waals surface area contributed by atoms with Crippen LogP contribution in [0.4, 0.5) is 0 Å². The first kappa shape index (κ1) is 46.3. The van der Waals surface area contributed by atoms with Gasteiger partial charge in [0.2, 0.25) is 0 Å². The summed E-state index contributed by atoms with van der Waals surface area (Å²) < 4.78 is 2.33. The minimum atomic E-state index is -0.745. The summed E-state index contributed by atoms with van der Waals surface area (Å²) in [5, 5.41) is 2.27. The summed E-state index contributed by atoms with van der Waals surface area (Å²) in [6.07, 6.45) is 1.94. The molecule has 0 N–H and O–H groups in total. The Labute approximate surface area is 432 Å². The number of nitrogens with zero attached hydrogens (tertiary/aromatic N) is 4. The molecule has 1 aliphatic carbocycles. The fraction of sp³-hybridized carbons (Fsp3) is 0.182. The Hall–Kier alpha value is -7.13. The largest absolute Gasteiger partial charge is 2.00 e. The Morgan fingerprint density at radius 3 is 1.99 bits per heavy atom. The second-order valence-electron chi connectivity index (χ2n) is 21.8. The predicted octanol–water partition coefficient (Wildman–Crippen LogP) is 16.1. The first-order chi connectivity index (χ1) is 33.7. The van der Waals surface area contributed by atoms with E-state index in [2.05, 4.69) is 248 Å². The topological polar surface area (TPSA) is 44.8 Å². The zero-order valence-electron chi connectivity index (χ0n) is 41.6. The zero-order chi connectivity index (χ0) is 48.2. The van der Waals surface area contributed by atoms with Crippen LogP contribution in [0, 0.1) is 6.07 Å². The third-order valence-corrected chi connectivity index (χ3v) is 15.1. The van der Waals surface area contributed by atoms with Crippen molar-refractivity contribution < 1.29 is 21.1 Å². The molecular formula is C66H56N4Pt. The monoisotopic (exact) mass is 1100 g/mol. The number of rotatable bonds is 7. The number of hydrogen-bond acceptors (Lipinski definition) is 2. The van der Waals surface area contributed by atoms with Crippen molar-refractivity contribution in [2.45, 2.75) is 77.0 Å². The molecule has 5 heteroatoms. The molecule has 0 fully saturated rings. The van der Waals surface area contributed by atoms with Crippen LogP contribution in [0.25, 0.3) is 72.2 Å². The summed E-state index contributed by atoms with van der Waals surface area (Å²) in [5.41, 5.74) is 18.8. The molecule has 0 amide bonds. The summed E-state index contributed by atoms with van der Waals surface area (Å²) >= 11 is 0. The van der Waals surface area contributed by atoms with Gasteiger partial charge in [0.15, 0.2) is 0 Å². The molecule has 0 radical (unpaired) electrons. The molecule has 0 saturated heterocycles. The Balaban J connectivity index is 0.00000547. The van der Waals surface area contributed by atoms with Gasteiger partial charge in [0.25, 0.3) is 0 Å². The van der Waals surface area contributed by atoms with E-state index in [4.69, 9.17) is 15.0 Å². The van der Waals surface area contributed by atoms with E-state index in [1.165, 1.54) is 44.5 Å². The minimum Gasteiger partial charge on any atom is -0.656 e. The Bertz CT molecular complexity index is 3810. The van der Waals surface area contributed by atoms with Gasteiger partial charge in [-0.15, -0.1) is 46.4 Å². The van der Waals surface area contributed by atoms with Gasteiger partial charge < -0.3 is 4.98 Å². The summed E-state index contributed by atoms with van der Waals surface area (Å²) in [5.74, 6) is 0.844. The fourth-order valence-corrected chi connectivity index (χ4v) is 11.4. The Kier molecular flexibility index (Phi) is 11.1. The van der Waals surface area contributed by atoms with E-state index in [9.17, 15) is 0 Å². The predicted molar refractivity (Wildman–Crippen MR) is 290 cm³/mol. The van der Waals surface area contributed by atoms with Crippen molar-refractivity contribution in [2.24, 2.45) is 0 Å². The van der Waals surface area contributed by atoms with Gasteiger partial charge in [-0.25, -0.2) is 4.98 Å². The van der Waals surface area contributed by atoms with E-state index < -0.39 is 5.41 Å². The Morgan fingerprint density at radius 1 is 0.535 bits per heavy atom. The zero-order valence-corrected chi connectivity index (χ0v) is 43.9. The molecule has 8 aromatic carbocycles. The van der Waals surface area contributed by atoms with Crippen LogP contribution in [-0.4, -0.2) is 14.5 Å². The van der Waals surface area contributed by atoms with E-state index >= 15 is 0 Å². The van der Waals surface area contributed by atoms with Crippen molar-refractivity contribution in [2.75, 3.05) is 0 Å². The molecule has 1 atom stereocenters. The van der Waals surface area contributed by atoms with Gasteiger partial charge in [0.1, 0.15) is 5.82 Å². The molecule has 0 saturated carbocycles. The van der Waals surface area contributed by atoms with Crippen molar-refractivity contribution >= 4 is 32.8 Å². The molecule has 12 rings (SSSR count). The van der Waals surface area contributed by atoms with Crippen molar-refractivity contribution in [1.29, 1.82) is 0 Å². The number of imidazole rings is 1. The van der Waals surface area contributed by atoms with Gasteiger partial charge in [-0.05, 0) is 103 Å². The van der Waals surface area contributed by atoms with Gasteiger partial charge in [-0.2, -0.15) is 0 Å². The van der Waals surface area contributed by atoms with E-state index in [1.54, 1.807) is 0 Å². The van der Waals surface area contributed by atoms with Gasteiger partial charge in [-0.3, -0.25) is 9.55 Å². The third kappa shape index (κ3) is 7.28. The van der Waals surface area contributed by atoms with Crippen LogP contribution in [0.2, 0.25) is 0 Å². The van der Waals surface area contributed by atoms with E-state index in [1.807, 2.05) is 12.3 Å². The first-order valence-electron chi connectivity index (χ1n) is 24.6. The maximum Gasteiger partial charge on any atom is 2.00 e. The van der Waals surface area contributed by atoms with Crippen LogP contribution in [0.5, 0.6) is 0 Å². The van der Waals surface area contributed by atoms with E-state index in [0.717, 1.165) is 72.3 Å². The van der Waals surface area contributed by atoms with Crippen LogP contribution in [0.1, 0.15) is 100 Å². The average Bonchev–Trinajstić information content (AvgIpc) is 4.05. The minimum absolute atomic E-state index is 0. The molecule has 0 spiro atoms. The van der Waals surface area contributed by atoms with Crippen molar-refractivity contribution in [3.8, 4) is 39.3 Å². The van der Waals surface area contributed by atoms with Crippen LogP contribution < -0.4 is 4.98 Å². The molecule has 3 heterocycles. The van der Waals surface area contributed by atoms with Gasteiger partial charge in [0.05, 0.1) is 22.1 Å². The molecule has 350 valence electrons. The molecule has 71 heavy (non-hydrogen) atoms. The normalized spacial score (nSPS) is 14.7. The molecule has 1 unspecified atom stereocenters. The summed E-state index contributed by atoms with van der Waals surface area (Å²) in [6.45, 7) is 18.5. The van der Waals surface area contributed by atoms with Gasteiger partial charge in [0, 0.05) is 22.9 Å². The summed E-state index contributed by atoms with van der Waals surface area (Å²) in [4.78, 5) is 16.4. The van der Waals surface area contributed by atoms with Crippen molar-refractivity contribution in [3.63, 3.8) is 0 Å². The van der Waals surface area contributed by atoms with Crippen LogP contribution in [-0.2, 0) is 42.7 Å². The number of aromatic nitrogens is 4. The second-order valence-corrected chi connectivity index (χ2v) is 21.8. The molecule has 0 aliphatic heterocycles. The fourth-order valence-electron chi connectivity index (χ4n) is 11.4. The number of pyridine rings is 1. The molecular weight excluding hydrogens is 1040 g/mol. The first-order valence-corrected chi connectivity index (χ1v) is 24.6. The average molecular weight is 1100 g/mol. The smallest absolute Gasteiger partial charge is 0.656 e. The van der Waals surface area contributed by atoms with Gasteiger partial charge >= 0.3 is 21.1 Å². The standard InChI is InChI=1S/C66H56N4.Pt/c1-63(2,3)44-35-36-53-51(39-44)59-54(64(4,5)6)30-21-31-55(59)66(53,58-34-17-18-37-67-58)45-25-19-22-42(38-45)48-29-20-33-57-61(48)69-62(70(57)47-26-13-10-14-27-47)52-41-46(65(7,8)43-23-11-9-12-24-43)40-50-49-28-15-16-32-56(49)68-60(50)52;/h9-37,39-41H,1-8H3;/q-2;+2. The third-order valence-electron chi connectivity index (χ3n) is 15.1.